The van der Waals surface area contributed by atoms with Crippen molar-refractivity contribution >= 4 is 23.8 Å². The molecule has 0 spiro atoms. The molecule has 0 aromatic heterocycles. The lowest BCUT2D eigenvalue weighted by Crippen LogP contribution is -2.51. The zero-order chi connectivity index (χ0) is 23.6. The number of likely N-dealkylation sites (tertiary alicyclic amines) is 1. The second-order valence-corrected chi connectivity index (χ2v) is 8.09. The van der Waals surface area contributed by atoms with Crippen LogP contribution in [0, 0.1) is 5.92 Å². The van der Waals surface area contributed by atoms with Gasteiger partial charge in [0.2, 0.25) is 18.0 Å². The number of carbonyl (C=O) groups excluding carboxylic acids is 4. The third-order valence-corrected chi connectivity index (χ3v) is 5.59. The van der Waals surface area contributed by atoms with Gasteiger partial charge in [-0.15, -0.1) is 0 Å². The molecule has 1 unspecified atom stereocenters. The maximum absolute atomic E-state index is 13.1. The van der Waals surface area contributed by atoms with Gasteiger partial charge in [-0.2, -0.15) is 0 Å². The highest BCUT2D eigenvalue weighted by molar-refractivity contribution is 5.99. The van der Waals surface area contributed by atoms with Crippen molar-refractivity contribution in [3.63, 3.8) is 0 Å². The van der Waals surface area contributed by atoms with Crippen molar-refractivity contribution in [3.05, 3.63) is 23.3 Å². The Kier molecular flexibility index (Phi) is 6.90. The molecule has 174 valence electrons. The van der Waals surface area contributed by atoms with E-state index in [9.17, 15) is 19.2 Å². The van der Waals surface area contributed by atoms with Crippen LogP contribution in [0.2, 0.25) is 0 Å². The van der Waals surface area contributed by atoms with Crippen molar-refractivity contribution in [2.75, 3.05) is 21.3 Å². The molecule has 3 rings (SSSR count). The van der Waals surface area contributed by atoms with Crippen LogP contribution >= 0.6 is 0 Å². The van der Waals surface area contributed by atoms with E-state index < -0.39 is 36.2 Å². The average Bonchev–Trinajstić information content (AvgIpc) is 3.31. The van der Waals surface area contributed by atoms with Gasteiger partial charge in [0.1, 0.15) is 17.6 Å². The quantitative estimate of drug-likeness (QED) is 0.595. The van der Waals surface area contributed by atoms with Crippen molar-refractivity contribution in [2.24, 2.45) is 5.92 Å². The zero-order valence-corrected chi connectivity index (χ0v) is 18.8. The van der Waals surface area contributed by atoms with Gasteiger partial charge in [0.05, 0.1) is 21.3 Å². The number of benzene rings is 1. The summed E-state index contributed by atoms with van der Waals surface area (Å²) in [6.45, 7) is 3.84. The van der Waals surface area contributed by atoms with Gasteiger partial charge in [-0.3, -0.25) is 14.5 Å². The highest BCUT2D eigenvalue weighted by atomic mass is 16.6. The van der Waals surface area contributed by atoms with Crippen LogP contribution in [0.25, 0.3) is 0 Å². The largest absolute Gasteiger partial charge is 0.493 e. The molecular weight excluding hydrogens is 420 g/mol. The number of methoxy groups -OCH3 is 3. The minimum Gasteiger partial charge on any atom is -0.493 e. The van der Waals surface area contributed by atoms with E-state index in [0.717, 1.165) is 0 Å². The minimum absolute atomic E-state index is 0.113. The number of hydrogen-bond donors (Lipinski definition) is 1. The minimum atomic E-state index is -1.08. The molecule has 3 atom stereocenters. The Morgan fingerprint density at radius 1 is 1.19 bits per heavy atom. The summed E-state index contributed by atoms with van der Waals surface area (Å²) >= 11 is 0. The molecule has 1 N–H and O–H groups in total. The van der Waals surface area contributed by atoms with Crippen LogP contribution in [-0.4, -0.2) is 62.1 Å². The van der Waals surface area contributed by atoms with Crippen molar-refractivity contribution in [2.45, 2.75) is 51.4 Å². The Labute approximate surface area is 186 Å². The SMILES string of the molecule is COC(=O)[C@@H](CC(C)C)NC(=O)[C@@H]1CCC(=O)N1C1OC(=O)c2c1ccc(OC)c2OC. The molecule has 1 aromatic carbocycles. The number of ether oxygens (including phenoxy) is 4. The number of carbonyl (C=O) groups is 4. The van der Waals surface area contributed by atoms with Crippen molar-refractivity contribution in [1.82, 2.24) is 10.2 Å². The van der Waals surface area contributed by atoms with E-state index in [-0.39, 0.29) is 36.0 Å². The number of nitrogens with one attached hydrogen (secondary N) is 1. The van der Waals surface area contributed by atoms with Crippen LogP contribution in [-0.2, 0) is 23.9 Å². The summed E-state index contributed by atoms with van der Waals surface area (Å²) in [5.41, 5.74) is 0.565. The summed E-state index contributed by atoms with van der Waals surface area (Å²) < 4.78 is 20.9. The normalized spacial score (nSPS) is 20.6. The maximum Gasteiger partial charge on any atom is 0.344 e. The summed E-state index contributed by atoms with van der Waals surface area (Å²) in [5, 5.41) is 2.70. The van der Waals surface area contributed by atoms with Gasteiger partial charge in [-0.1, -0.05) is 13.8 Å². The molecule has 2 amide bonds. The van der Waals surface area contributed by atoms with Gasteiger partial charge >= 0.3 is 11.9 Å². The molecule has 1 aromatic rings. The Morgan fingerprint density at radius 2 is 1.91 bits per heavy atom. The second-order valence-electron chi connectivity index (χ2n) is 8.09. The molecule has 2 aliphatic heterocycles. The molecule has 32 heavy (non-hydrogen) atoms. The van der Waals surface area contributed by atoms with E-state index >= 15 is 0 Å². The molecule has 0 radical (unpaired) electrons. The molecular formula is C22H28N2O8. The third-order valence-electron chi connectivity index (χ3n) is 5.59. The summed E-state index contributed by atoms with van der Waals surface area (Å²) in [7, 11) is 4.10. The van der Waals surface area contributed by atoms with E-state index in [0.29, 0.717) is 17.7 Å². The molecule has 2 heterocycles. The van der Waals surface area contributed by atoms with E-state index in [1.807, 2.05) is 13.8 Å². The maximum atomic E-state index is 13.1. The van der Waals surface area contributed by atoms with E-state index in [1.54, 1.807) is 12.1 Å². The van der Waals surface area contributed by atoms with Gasteiger partial charge < -0.3 is 24.3 Å². The first-order valence-corrected chi connectivity index (χ1v) is 10.4. The summed E-state index contributed by atoms with van der Waals surface area (Å²) in [6, 6.07) is 1.48. The second kappa shape index (κ2) is 9.46. The summed E-state index contributed by atoms with van der Waals surface area (Å²) in [4.78, 5) is 51.8. The Morgan fingerprint density at radius 3 is 2.50 bits per heavy atom. The first kappa shape index (κ1) is 23.4. The van der Waals surface area contributed by atoms with Crippen LogP contribution in [0.15, 0.2) is 12.1 Å². The molecule has 10 heteroatoms. The Bertz CT molecular complexity index is 929. The first-order chi connectivity index (χ1) is 15.2. The molecule has 0 saturated carbocycles. The van der Waals surface area contributed by atoms with E-state index in [1.165, 1.54) is 26.2 Å². The van der Waals surface area contributed by atoms with E-state index in [4.69, 9.17) is 18.9 Å². The number of rotatable bonds is 8. The average molecular weight is 448 g/mol. The zero-order valence-electron chi connectivity index (χ0n) is 18.8. The predicted octanol–water partition coefficient (Wildman–Crippen LogP) is 1.57. The molecule has 0 bridgehead atoms. The first-order valence-electron chi connectivity index (χ1n) is 10.4. The van der Waals surface area contributed by atoms with Crippen LogP contribution in [0.5, 0.6) is 11.5 Å². The van der Waals surface area contributed by atoms with Crippen LogP contribution in [0.4, 0.5) is 0 Å². The molecule has 2 aliphatic rings. The lowest BCUT2D eigenvalue weighted by atomic mass is 10.0. The smallest absolute Gasteiger partial charge is 0.344 e. The van der Waals surface area contributed by atoms with Crippen LogP contribution in [0.1, 0.15) is 55.3 Å². The summed E-state index contributed by atoms with van der Waals surface area (Å²) in [6.07, 6.45) is -0.347. The number of amides is 2. The topological polar surface area (TPSA) is 120 Å². The number of nitrogens with zero attached hydrogens (tertiary/aromatic N) is 1. The Balaban J connectivity index is 1.90. The predicted molar refractivity (Wildman–Crippen MR) is 111 cm³/mol. The van der Waals surface area contributed by atoms with E-state index in [2.05, 4.69) is 5.32 Å². The molecule has 1 saturated heterocycles. The lowest BCUT2D eigenvalue weighted by Gasteiger charge is -2.30. The van der Waals surface area contributed by atoms with Gasteiger partial charge in [0.15, 0.2) is 11.5 Å². The third kappa shape index (κ3) is 4.21. The Hall–Kier alpha value is -3.30. The van der Waals surface area contributed by atoms with Crippen molar-refractivity contribution in [3.8, 4) is 11.5 Å². The van der Waals surface area contributed by atoms with Gasteiger partial charge in [0, 0.05) is 12.0 Å². The highest BCUT2D eigenvalue weighted by Gasteiger charge is 2.48. The molecule has 1 fully saturated rings. The highest BCUT2D eigenvalue weighted by Crippen LogP contribution is 2.45. The number of fused-ring (bicyclic) bond motifs is 1. The van der Waals surface area contributed by atoms with Crippen molar-refractivity contribution in [1.29, 1.82) is 0 Å². The monoisotopic (exact) mass is 448 g/mol. The summed E-state index contributed by atoms with van der Waals surface area (Å²) in [5.74, 6) is -1.38. The van der Waals surface area contributed by atoms with Gasteiger partial charge in [0.25, 0.3) is 0 Å². The van der Waals surface area contributed by atoms with Gasteiger partial charge in [-0.05, 0) is 30.9 Å². The fourth-order valence-corrected chi connectivity index (χ4v) is 4.14. The standard InChI is InChI=1S/C22H28N2O8/c1-11(2)10-13(21(27)31-5)23-19(26)14-7-9-16(25)24(14)20-12-6-8-15(29-3)18(30-4)17(12)22(28)32-20/h6,8,11,13-14,20H,7,9-10H2,1-5H3,(H,23,26)/t13-,14+,20?/m1/s1. The fraction of sp³-hybridized carbons (Fsp3) is 0.545. The molecule has 10 nitrogen and oxygen atoms in total. The lowest BCUT2D eigenvalue weighted by molar-refractivity contribution is -0.149. The van der Waals surface area contributed by atoms with Crippen LogP contribution in [0.3, 0.4) is 0 Å². The fourth-order valence-electron chi connectivity index (χ4n) is 4.14. The molecule has 0 aliphatic carbocycles. The van der Waals surface area contributed by atoms with Crippen molar-refractivity contribution < 1.29 is 38.1 Å². The number of cyclic esters (lactones) is 1. The van der Waals surface area contributed by atoms with Gasteiger partial charge in [-0.25, -0.2) is 9.59 Å². The van der Waals surface area contributed by atoms with Crippen LogP contribution < -0.4 is 14.8 Å². The number of esters is 2. The number of hydrogen-bond acceptors (Lipinski definition) is 8.